The lowest BCUT2D eigenvalue weighted by atomic mass is 9.71. The second kappa shape index (κ2) is 10.9. The number of aryl methyl sites for hydroxylation is 2. The van der Waals surface area contributed by atoms with E-state index in [0.29, 0.717) is 0 Å². The molecule has 3 aliphatic heterocycles. The van der Waals surface area contributed by atoms with Crippen molar-refractivity contribution in [2.75, 3.05) is 0 Å². The number of nitrogens with zero attached hydrogens (tertiary/aromatic N) is 4. The van der Waals surface area contributed by atoms with Crippen LogP contribution in [0.2, 0.25) is 0 Å². The third-order valence-electron chi connectivity index (χ3n) is 9.55. The summed E-state index contributed by atoms with van der Waals surface area (Å²) in [5.41, 5.74) is -6.31. The van der Waals surface area contributed by atoms with Crippen molar-refractivity contribution in [1.29, 1.82) is 0 Å². The van der Waals surface area contributed by atoms with E-state index in [9.17, 15) is 10.2 Å². The Balaban J connectivity index is 1.60. The molecule has 0 amide bonds. The van der Waals surface area contributed by atoms with E-state index in [0.717, 1.165) is 21.1 Å². The highest BCUT2D eigenvalue weighted by molar-refractivity contribution is 5.99. The minimum atomic E-state index is -5.05. The molecule has 4 aromatic rings. The summed E-state index contributed by atoms with van der Waals surface area (Å²) in [4.78, 5) is 0. The topological polar surface area (TPSA) is 71.7 Å². The Morgan fingerprint density at radius 2 is 0.833 bits per heavy atom. The summed E-state index contributed by atoms with van der Waals surface area (Å²) in [5.74, 6) is -3.51. The molecule has 6 nitrogen and oxygen atoms in total. The van der Waals surface area contributed by atoms with Crippen molar-refractivity contribution in [3.63, 3.8) is 0 Å². The van der Waals surface area contributed by atoms with E-state index in [2.05, 4.69) is 10.2 Å². The van der Waals surface area contributed by atoms with Crippen LogP contribution in [0.25, 0.3) is 0 Å². The molecule has 4 aromatic carbocycles. The fourth-order valence-electron chi connectivity index (χ4n) is 7.38. The molecule has 0 aromatic heterocycles. The first-order valence-corrected chi connectivity index (χ1v) is 15.3. The molecule has 7 rings (SSSR count). The highest BCUT2D eigenvalue weighted by Crippen LogP contribution is 2.61. The number of hydrogen-bond donors (Lipinski definition) is 2. The smallest absolute Gasteiger partial charge is 0.364 e. The molecule has 2 unspecified atom stereocenters. The summed E-state index contributed by atoms with van der Waals surface area (Å²) in [7, 11) is 0. The van der Waals surface area contributed by atoms with Crippen molar-refractivity contribution >= 4 is 11.4 Å². The molecule has 3 heterocycles. The molecule has 12 heteroatoms. The van der Waals surface area contributed by atoms with Gasteiger partial charge in [-0.1, -0.05) is 120 Å². The largest absolute Gasteiger partial charge is 0.431 e. The number of halogens is 6. The van der Waals surface area contributed by atoms with E-state index in [1.807, 2.05) is 0 Å². The molecule has 0 aliphatic carbocycles. The summed E-state index contributed by atoms with van der Waals surface area (Å²) in [6.45, 7) is 3.51. The standard InChI is InChI=1S/C36H30F6N4O2/c1-21-13-17-23(18-14-21)27-29(35(37,38)39)43-45-31(27)33(47,25-9-5-3-6-10-25)46-32(34(45,48)26-11-7-4-8-12-26)28(30(44-46)36(40,41)42)24-19-15-22(2)16-20-24/h3-20,27-28,31-32,47-48H,1-2H3/t27-,28-,31?,32?,33+,34+/m1/s1. The van der Waals surface area contributed by atoms with Gasteiger partial charge >= 0.3 is 12.4 Å². The van der Waals surface area contributed by atoms with Crippen LogP contribution in [0.1, 0.15) is 45.2 Å². The van der Waals surface area contributed by atoms with Crippen molar-refractivity contribution in [1.82, 2.24) is 10.0 Å². The second-order valence-corrected chi connectivity index (χ2v) is 12.5. The van der Waals surface area contributed by atoms with Gasteiger partial charge in [0.05, 0.1) is 11.8 Å². The van der Waals surface area contributed by atoms with E-state index in [1.165, 1.54) is 72.8 Å². The SMILES string of the molecule is Cc1ccc([C@@H]2C(C(F)(F)F)=NN3C2[C@@](O)(c2ccccc2)N2N=C(C(F)(F)F)[C@@H](c4ccc(C)cc4)C2[C@@]3(O)c2ccccc2)cc1. The molecule has 0 bridgehead atoms. The van der Waals surface area contributed by atoms with Gasteiger partial charge < -0.3 is 10.2 Å². The van der Waals surface area contributed by atoms with Crippen LogP contribution in [0.15, 0.2) is 119 Å². The minimum Gasteiger partial charge on any atom is -0.364 e. The number of aliphatic hydroxyl groups is 2. The van der Waals surface area contributed by atoms with E-state index >= 15 is 26.3 Å². The first-order chi connectivity index (χ1) is 22.7. The fourth-order valence-corrected chi connectivity index (χ4v) is 7.38. The molecule has 0 radical (unpaired) electrons. The predicted molar refractivity (Wildman–Crippen MR) is 167 cm³/mol. The number of hydrazone groups is 2. The van der Waals surface area contributed by atoms with Gasteiger partial charge in [-0.2, -0.15) is 36.5 Å². The summed E-state index contributed by atoms with van der Waals surface area (Å²) in [5, 5.41) is 35.8. The molecule has 1 saturated heterocycles. The number of fused-ring (bicyclic) bond motifs is 2. The van der Waals surface area contributed by atoms with Gasteiger partial charge in [-0.25, -0.2) is 0 Å². The Hall–Kier alpha value is -4.68. The molecule has 3 aliphatic rings. The quantitative estimate of drug-likeness (QED) is 0.229. The zero-order chi connectivity index (χ0) is 34.2. The summed E-state index contributed by atoms with van der Waals surface area (Å²) in [6.07, 6.45) is -10.1. The van der Waals surface area contributed by atoms with Crippen molar-refractivity contribution in [2.45, 2.75) is 61.6 Å². The van der Waals surface area contributed by atoms with Crippen LogP contribution in [0.3, 0.4) is 0 Å². The molecule has 1 fully saturated rings. The predicted octanol–water partition coefficient (Wildman–Crippen LogP) is 7.08. The first kappa shape index (κ1) is 31.9. The highest BCUT2D eigenvalue weighted by atomic mass is 19.4. The van der Waals surface area contributed by atoms with Crippen LogP contribution in [0, 0.1) is 13.8 Å². The Kier molecular flexibility index (Phi) is 7.26. The van der Waals surface area contributed by atoms with Crippen LogP contribution in [-0.4, -0.2) is 56.1 Å². The van der Waals surface area contributed by atoms with Gasteiger partial charge in [0.1, 0.15) is 12.1 Å². The maximum Gasteiger partial charge on any atom is 0.431 e. The number of rotatable bonds is 4. The number of hydrogen-bond acceptors (Lipinski definition) is 6. The molecule has 48 heavy (non-hydrogen) atoms. The van der Waals surface area contributed by atoms with E-state index in [-0.39, 0.29) is 22.3 Å². The first-order valence-electron chi connectivity index (χ1n) is 15.3. The highest BCUT2D eigenvalue weighted by Gasteiger charge is 2.74. The number of piperazine rings is 1. The lowest BCUT2D eigenvalue weighted by Gasteiger charge is -2.60. The van der Waals surface area contributed by atoms with Crippen LogP contribution < -0.4 is 0 Å². The monoisotopic (exact) mass is 664 g/mol. The minimum absolute atomic E-state index is 0.0225. The van der Waals surface area contributed by atoms with Crippen LogP contribution >= 0.6 is 0 Å². The van der Waals surface area contributed by atoms with Gasteiger partial charge in [0.2, 0.25) is 11.4 Å². The lowest BCUT2D eigenvalue weighted by Crippen LogP contribution is -2.74. The van der Waals surface area contributed by atoms with Crippen molar-refractivity contribution < 1.29 is 36.6 Å². The van der Waals surface area contributed by atoms with Crippen LogP contribution in [-0.2, 0) is 11.4 Å². The van der Waals surface area contributed by atoms with Crippen LogP contribution in [0.4, 0.5) is 26.3 Å². The van der Waals surface area contributed by atoms with Gasteiger partial charge in [0.15, 0.2) is 11.4 Å². The molecule has 0 spiro atoms. The Labute approximate surface area is 272 Å². The Bertz CT molecular complexity index is 1740. The van der Waals surface area contributed by atoms with Crippen molar-refractivity contribution in [3.05, 3.63) is 143 Å². The molecule has 0 saturated carbocycles. The van der Waals surface area contributed by atoms with Gasteiger partial charge in [-0.3, -0.25) is 10.0 Å². The maximum atomic E-state index is 15.1. The average Bonchev–Trinajstić information content (AvgIpc) is 3.68. The molecule has 248 valence electrons. The van der Waals surface area contributed by atoms with Gasteiger partial charge in [0.25, 0.3) is 0 Å². The van der Waals surface area contributed by atoms with E-state index in [1.54, 1.807) is 50.2 Å². The van der Waals surface area contributed by atoms with Crippen molar-refractivity contribution in [3.8, 4) is 0 Å². The maximum absolute atomic E-state index is 15.1. The van der Waals surface area contributed by atoms with Gasteiger partial charge in [-0.05, 0) is 25.0 Å². The summed E-state index contributed by atoms with van der Waals surface area (Å²) < 4.78 is 90.6. The Morgan fingerprint density at radius 1 is 0.521 bits per heavy atom. The van der Waals surface area contributed by atoms with E-state index in [4.69, 9.17) is 0 Å². The number of alkyl halides is 6. The molecular weight excluding hydrogens is 634 g/mol. The third-order valence-corrected chi connectivity index (χ3v) is 9.55. The van der Waals surface area contributed by atoms with Gasteiger partial charge in [-0.15, -0.1) is 0 Å². The molecule has 2 N–H and O–H groups in total. The van der Waals surface area contributed by atoms with Crippen LogP contribution in [0.5, 0.6) is 0 Å². The average molecular weight is 665 g/mol. The van der Waals surface area contributed by atoms with E-state index < -0.39 is 59.1 Å². The number of benzene rings is 4. The second-order valence-electron chi connectivity index (χ2n) is 12.5. The molecular formula is C36H30F6N4O2. The normalized spacial score (nSPS) is 28.5. The van der Waals surface area contributed by atoms with Gasteiger partial charge in [0, 0.05) is 11.1 Å². The summed E-state index contributed by atoms with van der Waals surface area (Å²) in [6, 6.07) is 23.6. The Morgan fingerprint density at radius 3 is 1.12 bits per heavy atom. The fraction of sp³-hybridized carbons (Fsp3) is 0.278. The lowest BCUT2D eigenvalue weighted by molar-refractivity contribution is -0.311. The zero-order valence-corrected chi connectivity index (χ0v) is 25.7. The zero-order valence-electron chi connectivity index (χ0n) is 25.7. The summed E-state index contributed by atoms with van der Waals surface area (Å²) >= 11 is 0. The third kappa shape index (κ3) is 4.72. The van der Waals surface area contributed by atoms with Crippen molar-refractivity contribution in [2.24, 2.45) is 10.2 Å². The molecule has 6 atom stereocenters.